The topological polar surface area (TPSA) is 49.3 Å². The maximum atomic E-state index is 14.0. The van der Waals surface area contributed by atoms with E-state index in [0.717, 1.165) is 4.90 Å². The van der Waals surface area contributed by atoms with Gasteiger partial charge in [0.05, 0.1) is 17.5 Å². The first kappa shape index (κ1) is 19.0. The van der Waals surface area contributed by atoms with E-state index in [2.05, 4.69) is 9.97 Å². The SMILES string of the molecule is CN1CCN(C(=O)Cc2c(F)c(F)c(F)c(F)c2F)c2nc3ccccc3nc21. The number of halogens is 5. The highest BCUT2D eigenvalue weighted by Gasteiger charge is 2.32. The largest absolute Gasteiger partial charge is 0.355 e. The standard InChI is InChI=1S/C19H13F5N4O/c1-27-6-7-28(19-18(27)25-10-4-2-3-5-11(10)26-19)12(29)8-9-13(20)15(22)17(24)16(23)14(9)21/h2-5H,6-8H2,1H3. The second kappa shape index (κ2) is 6.94. The van der Waals surface area contributed by atoms with Crippen LogP contribution in [-0.2, 0) is 11.2 Å². The number of aromatic nitrogens is 2. The Kier molecular flexibility index (Phi) is 4.56. The van der Waals surface area contributed by atoms with Gasteiger partial charge in [0.25, 0.3) is 0 Å². The molecule has 5 nitrogen and oxygen atoms in total. The van der Waals surface area contributed by atoms with Crippen molar-refractivity contribution < 1.29 is 26.7 Å². The van der Waals surface area contributed by atoms with Crippen LogP contribution in [0, 0.1) is 29.1 Å². The van der Waals surface area contributed by atoms with Gasteiger partial charge in [-0.1, -0.05) is 12.1 Å². The molecule has 0 saturated heterocycles. The van der Waals surface area contributed by atoms with E-state index in [1.54, 1.807) is 36.2 Å². The first-order valence-electron chi connectivity index (χ1n) is 8.58. The van der Waals surface area contributed by atoms with Crippen LogP contribution in [0.25, 0.3) is 11.0 Å². The van der Waals surface area contributed by atoms with E-state index in [0.29, 0.717) is 23.4 Å². The number of hydrogen-bond acceptors (Lipinski definition) is 4. The lowest BCUT2D eigenvalue weighted by Gasteiger charge is -2.33. The molecule has 0 aliphatic carbocycles. The molecule has 0 atom stereocenters. The van der Waals surface area contributed by atoms with Gasteiger partial charge in [0, 0.05) is 25.7 Å². The minimum Gasteiger partial charge on any atom is -0.355 e. The van der Waals surface area contributed by atoms with Crippen molar-refractivity contribution in [1.82, 2.24) is 9.97 Å². The van der Waals surface area contributed by atoms with Crippen molar-refractivity contribution in [2.24, 2.45) is 0 Å². The summed E-state index contributed by atoms with van der Waals surface area (Å²) >= 11 is 0. The molecular weight excluding hydrogens is 395 g/mol. The molecule has 1 aliphatic heterocycles. The summed E-state index contributed by atoms with van der Waals surface area (Å²) < 4.78 is 68.1. The molecule has 0 unspecified atom stereocenters. The van der Waals surface area contributed by atoms with Gasteiger partial charge in [-0.2, -0.15) is 0 Å². The molecule has 2 aromatic carbocycles. The molecule has 2 heterocycles. The number of rotatable bonds is 2. The minimum atomic E-state index is -2.27. The smallest absolute Gasteiger partial charge is 0.232 e. The molecule has 1 amide bonds. The number of nitrogens with zero attached hydrogens (tertiary/aromatic N) is 4. The Bertz CT molecular complexity index is 1120. The fraction of sp³-hybridized carbons (Fsp3) is 0.211. The van der Waals surface area contributed by atoms with E-state index < -0.39 is 47.0 Å². The average molecular weight is 408 g/mol. The highest BCUT2D eigenvalue weighted by molar-refractivity contribution is 5.98. The van der Waals surface area contributed by atoms with Crippen molar-refractivity contribution in [3.63, 3.8) is 0 Å². The van der Waals surface area contributed by atoms with Gasteiger partial charge in [-0.25, -0.2) is 31.9 Å². The number of fused-ring (bicyclic) bond motifs is 2. The third-order valence-electron chi connectivity index (χ3n) is 4.74. The third kappa shape index (κ3) is 3.04. The zero-order valence-corrected chi connectivity index (χ0v) is 15.0. The summed E-state index contributed by atoms with van der Waals surface area (Å²) in [7, 11) is 1.74. The van der Waals surface area contributed by atoms with E-state index in [4.69, 9.17) is 0 Å². The van der Waals surface area contributed by atoms with Gasteiger partial charge in [-0.3, -0.25) is 9.69 Å². The van der Waals surface area contributed by atoms with Crippen LogP contribution < -0.4 is 9.80 Å². The van der Waals surface area contributed by atoms with Gasteiger partial charge in [0.1, 0.15) is 0 Å². The molecule has 0 N–H and O–H groups in total. The molecule has 150 valence electrons. The molecule has 0 fully saturated rings. The molecular formula is C19H13F5N4O. The Balaban J connectivity index is 1.75. The van der Waals surface area contributed by atoms with Gasteiger partial charge in [0.2, 0.25) is 11.7 Å². The van der Waals surface area contributed by atoms with Gasteiger partial charge in [-0.05, 0) is 12.1 Å². The van der Waals surface area contributed by atoms with Crippen molar-refractivity contribution in [2.75, 3.05) is 29.9 Å². The van der Waals surface area contributed by atoms with Crippen molar-refractivity contribution in [3.05, 3.63) is 58.9 Å². The summed E-state index contributed by atoms with van der Waals surface area (Å²) in [5, 5.41) is 0. The highest BCUT2D eigenvalue weighted by atomic mass is 19.2. The molecule has 10 heteroatoms. The zero-order valence-electron chi connectivity index (χ0n) is 15.0. The average Bonchev–Trinajstić information content (AvgIpc) is 2.73. The van der Waals surface area contributed by atoms with Gasteiger partial charge < -0.3 is 4.90 Å². The number of benzene rings is 2. The van der Waals surface area contributed by atoms with Gasteiger partial charge in [0.15, 0.2) is 34.9 Å². The maximum absolute atomic E-state index is 14.0. The normalized spacial score (nSPS) is 13.7. The van der Waals surface area contributed by atoms with Crippen LogP contribution in [0.15, 0.2) is 24.3 Å². The summed E-state index contributed by atoms with van der Waals surface area (Å²) in [4.78, 5) is 24.5. The van der Waals surface area contributed by atoms with Crippen LogP contribution in [0.2, 0.25) is 0 Å². The van der Waals surface area contributed by atoms with Crippen molar-refractivity contribution in [2.45, 2.75) is 6.42 Å². The molecule has 0 saturated carbocycles. The number of para-hydroxylation sites is 2. The Hall–Kier alpha value is -3.30. The molecule has 1 aromatic heterocycles. The number of carbonyl (C=O) groups is 1. The van der Waals surface area contributed by atoms with Crippen LogP contribution >= 0.6 is 0 Å². The second-order valence-electron chi connectivity index (χ2n) is 6.55. The lowest BCUT2D eigenvalue weighted by atomic mass is 10.1. The lowest BCUT2D eigenvalue weighted by Crippen LogP contribution is -2.44. The molecule has 4 rings (SSSR count). The summed E-state index contributed by atoms with van der Waals surface area (Å²) in [5.74, 6) is -10.8. The van der Waals surface area contributed by atoms with Crippen LogP contribution in [0.3, 0.4) is 0 Å². The number of anilines is 2. The number of amides is 1. The zero-order chi connectivity index (χ0) is 20.9. The predicted molar refractivity (Wildman–Crippen MR) is 95.1 cm³/mol. The fourth-order valence-electron chi connectivity index (χ4n) is 3.18. The lowest BCUT2D eigenvalue weighted by molar-refractivity contribution is -0.118. The first-order chi connectivity index (χ1) is 13.8. The van der Waals surface area contributed by atoms with Gasteiger partial charge >= 0.3 is 0 Å². The molecule has 3 aromatic rings. The Labute approximate surface area is 161 Å². The highest BCUT2D eigenvalue weighted by Crippen LogP contribution is 2.32. The minimum absolute atomic E-state index is 0.116. The van der Waals surface area contributed by atoms with Crippen molar-refractivity contribution in [1.29, 1.82) is 0 Å². The van der Waals surface area contributed by atoms with Crippen LogP contribution in [-0.4, -0.2) is 36.0 Å². The number of likely N-dealkylation sites (N-methyl/N-ethyl adjacent to an activating group) is 1. The third-order valence-corrected chi connectivity index (χ3v) is 4.74. The van der Waals surface area contributed by atoms with Gasteiger partial charge in [-0.15, -0.1) is 0 Å². The Morgan fingerprint density at radius 3 is 1.97 bits per heavy atom. The molecule has 0 bridgehead atoms. The summed E-state index contributed by atoms with van der Waals surface area (Å²) in [6.07, 6.45) is -1.01. The van der Waals surface area contributed by atoms with E-state index in [1.807, 2.05) is 0 Å². The van der Waals surface area contributed by atoms with E-state index in [1.165, 1.54) is 0 Å². The number of hydrogen-bond donors (Lipinski definition) is 0. The molecule has 0 radical (unpaired) electrons. The molecule has 0 spiro atoms. The van der Waals surface area contributed by atoms with Crippen LogP contribution in [0.4, 0.5) is 33.6 Å². The number of carbonyl (C=O) groups excluding carboxylic acids is 1. The maximum Gasteiger partial charge on any atom is 0.232 e. The molecule has 29 heavy (non-hydrogen) atoms. The molecule has 1 aliphatic rings. The van der Waals surface area contributed by atoms with E-state index >= 15 is 0 Å². The monoisotopic (exact) mass is 408 g/mol. The Morgan fingerprint density at radius 1 is 0.862 bits per heavy atom. The van der Waals surface area contributed by atoms with Crippen LogP contribution in [0.1, 0.15) is 5.56 Å². The van der Waals surface area contributed by atoms with E-state index in [-0.39, 0.29) is 12.4 Å². The van der Waals surface area contributed by atoms with Crippen molar-refractivity contribution >= 4 is 28.6 Å². The Morgan fingerprint density at radius 2 is 1.38 bits per heavy atom. The summed E-state index contributed by atoms with van der Waals surface area (Å²) in [6, 6.07) is 6.94. The van der Waals surface area contributed by atoms with E-state index in [9.17, 15) is 26.7 Å². The quantitative estimate of drug-likeness (QED) is 0.371. The van der Waals surface area contributed by atoms with Crippen molar-refractivity contribution in [3.8, 4) is 0 Å². The predicted octanol–water partition coefficient (Wildman–Crippen LogP) is 3.35. The second-order valence-corrected chi connectivity index (χ2v) is 6.55. The van der Waals surface area contributed by atoms with Crippen LogP contribution in [0.5, 0.6) is 0 Å². The summed E-state index contributed by atoms with van der Waals surface area (Å²) in [6.45, 7) is 0.466. The summed E-state index contributed by atoms with van der Waals surface area (Å²) in [5.41, 5.74) is -0.0941. The fourth-order valence-corrected chi connectivity index (χ4v) is 3.18. The first-order valence-corrected chi connectivity index (χ1v) is 8.58.